The van der Waals surface area contributed by atoms with Gasteiger partial charge in [-0.05, 0) is 49.9 Å². The zero-order valence-electron chi connectivity index (χ0n) is 14.1. The zero-order valence-corrected chi connectivity index (χ0v) is 15.7. The van der Waals surface area contributed by atoms with Crippen molar-refractivity contribution in [3.8, 4) is 0 Å². The molecule has 3 aliphatic heterocycles. The maximum absolute atomic E-state index is 12.9. The van der Waals surface area contributed by atoms with E-state index >= 15 is 0 Å². The number of halogens is 1. The standard InChI is InChI=1S/C17H23N3O3S.ClH/c21-17-2-1-10-20(17)15-5-7-16(8-6-15)24(22,23)19-11-9-13-3-4-14(12-19)18-13;/h5-8,13-14,18H,1-4,9-12H2;1H. The molecule has 6 nitrogen and oxygen atoms in total. The molecule has 0 saturated carbocycles. The van der Waals surface area contributed by atoms with Gasteiger partial charge in [0.05, 0.1) is 4.90 Å². The monoisotopic (exact) mass is 385 g/mol. The van der Waals surface area contributed by atoms with Crippen LogP contribution in [0.15, 0.2) is 29.2 Å². The summed E-state index contributed by atoms with van der Waals surface area (Å²) in [6.07, 6.45) is 4.51. The third kappa shape index (κ3) is 3.56. The Balaban J connectivity index is 0.00000182. The Bertz CT molecular complexity index is 738. The van der Waals surface area contributed by atoms with Crippen LogP contribution in [0, 0.1) is 0 Å². The molecule has 3 fully saturated rings. The highest BCUT2D eigenvalue weighted by molar-refractivity contribution is 7.89. The molecule has 3 heterocycles. The molecular formula is C17H24ClN3O3S. The predicted octanol–water partition coefficient (Wildman–Crippen LogP) is 1.75. The van der Waals surface area contributed by atoms with Gasteiger partial charge in [-0.1, -0.05) is 0 Å². The van der Waals surface area contributed by atoms with Crippen molar-refractivity contribution < 1.29 is 13.2 Å². The van der Waals surface area contributed by atoms with Crippen molar-refractivity contribution in [1.29, 1.82) is 0 Å². The molecular weight excluding hydrogens is 362 g/mol. The van der Waals surface area contributed by atoms with E-state index in [0.717, 1.165) is 31.4 Å². The first-order valence-electron chi connectivity index (χ1n) is 8.71. The molecule has 25 heavy (non-hydrogen) atoms. The number of amides is 1. The van der Waals surface area contributed by atoms with Gasteiger partial charge in [0, 0.05) is 43.8 Å². The summed E-state index contributed by atoms with van der Waals surface area (Å²) in [5.41, 5.74) is 0.785. The topological polar surface area (TPSA) is 69.7 Å². The largest absolute Gasteiger partial charge is 0.312 e. The molecule has 2 atom stereocenters. The molecule has 0 aliphatic carbocycles. The zero-order chi connectivity index (χ0) is 16.7. The van der Waals surface area contributed by atoms with Gasteiger partial charge in [0.2, 0.25) is 15.9 Å². The number of anilines is 1. The summed E-state index contributed by atoms with van der Waals surface area (Å²) < 4.78 is 27.5. The number of hydrogen-bond donors (Lipinski definition) is 1. The van der Waals surface area contributed by atoms with Crippen LogP contribution in [-0.4, -0.2) is 50.3 Å². The normalized spacial score (nSPS) is 27.2. The highest BCUT2D eigenvalue weighted by Crippen LogP contribution is 2.27. The summed E-state index contributed by atoms with van der Waals surface area (Å²) in [6.45, 7) is 1.83. The Morgan fingerprint density at radius 1 is 1.00 bits per heavy atom. The number of carbonyl (C=O) groups excluding carboxylic acids is 1. The lowest BCUT2D eigenvalue weighted by molar-refractivity contribution is -0.117. The summed E-state index contributed by atoms with van der Waals surface area (Å²) in [5, 5.41) is 3.51. The number of nitrogens with zero attached hydrogens (tertiary/aromatic N) is 2. The fourth-order valence-electron chi connectivity index (χ4n) is 4.00. The first-order chi connectivity index (χ1) is 11.5. The molecule has 8 heteroatoms. The van der Waals surface area contributed by atoms with Crippen LogP contribution in [0.5, 0.6) is 0 Å². The number of nitrogens with one attached hydrogen (secondary N) is 1. The van der Waals surface area contributed by atoms with E-state index in [9.17, 15) is 13.2 Å². The highest BCUT2D eigenvalue weighted by Gasteiger charge is 2.35. The summed E-state index contributed by atoms with van der Waals surface area (Å²) in [7, 11) is -3.47. The van der Waals surface area contributed by atoms with Crippen LogP contribution < -0.4 is 10.2 Å². The van der Waals surface area contributed by atoms with E-state index in [1.165, 1.54) is 0 Å². The molecule has 2 unspecified atom stereocenters. The summed E-state index contributed by atoms with van der Waals surface area (Å²) in [5.74, 6) is 0.111. The van der Waals surface area contributed by atoms with Crippen molar-refractivity contribution in [2.45, 2.75) is 49.1 Å². The average Bonchev–Trinajstić information content (AvgIpc) is 3.12. The Labute approximate surface area is 155 Å². The molecule has 1 aromatic carbocycles. The minimum absolute atomic E-state index is 0. The lowest BCUT2D eigenvalue weighted by atomic mass is 10.1. The maximum Gasteiger partial charge on any atom is 0.243 e. The van der Waals surface area contributed by atoms with Crippen LogP contribution >= 0.6 is 12.4 Å². The smallest absolute Gasteiger partial charge is 0.243 e. The van der Waals surface area contributed by atoms with E-state index in [0.29, 0.717) is 37.0 Å². The summed E-state index contributed by atoms with van der Waals surface area (Å²) in [4.78, 5) is 13.9. The van der Waals surface area contributed by atoms with E-state index in [1.807, 2.05) is 0 Å². The number of rotatable bonds is 3. The van der Waals surface area contributed by atoms with Gasteiger partial charge in [-0.2, -0.15) is 4.31 Å². The van der Waals surface area contributed by atoms with Crippen LogP contribution in [0.25, 0.3) is 0 Å². The van der Waals surface area contributed by atoms with Crippen molar-refractivity contribution in [2.75, 3.05) is 24.5 Å². The fourth-order valence-corrected chi connectivity index (χ4v) is 5.50. The van der Waals surface area contributed by atoms with Crippen molar-refractivity contribution in [3.63, 3.8) is 0 Å². The maximum atomic E-state index is 12.9. The van der Waals surface area contributed by atoms with Gasteiger partial charge >= 0.3 is 0 Å². The van der Waals surface area contributed by atoms with Gasteiger partial charge in [0.1, 0.15) is 0 Å². The SMILES string of the molecule is Cl.O=C1CCCN1c1ccc(S(=O)(=O)N2CCC3CCC(C2)N3)cc1. The van der Waals surface area contributed by atoms with Crippen molar-refractivity contribution in [3.05, 3.63) is 24.3 Å². The molecule has 1 aromatic rings. The Kier molecular flexibility index (Phi) is 5.39. The van der Waals surface area contributed by atoms with Crippen LogP contribution in [-0.2, 0) is 14.8 Å². The quantitative estimate of drug-likeness (QED) is 0.860. The van der Waals surface area contributed by atoms with Crippen molar-refractivity contribution >= 4 is 34.0 Å². The molecule has 1 N–H and O–H groups in total. The third-order valence-corrected chi connectivity index (χ3v) is 7.22. The Hall–Kier alpha value is -1.15. The number of benzene rings is 1. The molecule has 3 aliphatic rings. The number of sulfonamides is 1. The van der Waals surface area contributed by atoms with Crippen LogP contribution in [0.4, 0.5) is 5.69 Å². The molecule has 138 valence electrons. The van der Waals surface area contributed by atoms with E-state index in [4.69, 9.17) is 0 Å². The molecule has 0 radical (unpaired) electrons. The van der Waals surface area contributed by atoms with Gasteiger partial charge in [0.25, 0.3) is 0 Å². The molecule has 4 rings (SSSR count). The number of fused-ring (bicyclic) bond motifs is 2. The van der Waals surface area contributed by atoms with Gasteiger partial charge in [-0.3, -0.25) is 4.79 Å². The Morgan fingerprint density at radius 3 is 2.40 bits per heavy atom. The third-order valence-electron chi connectivity index (χ3n) is 5.35. The van der Waals surface area contributed by atoms with E-state index in [1.54, 1.807) is 33.5 Å². The van der Waals surface area contributed by atoms with Crippen LogP contribution in [0.2, 0.25) is 0 Å². The number of carbonyl (C=O) groups is 1. The molecule has 3 saturated heterocycles. The molecule has 2 bridgehead atoms. The molecule has 1 amide bonds. The molecule has 0 aromatic heterocycles. The highest BCUT2D eigenvalue weighted by atomic mass is 35.5. The minimum Gasteiger partial charge on any atom is -0.312 e. The molecule has 0 spiro atoms. The lowest BCUT2D eigenvalue weighted by Crippen LogP contribution is -2.39. The van der Waals surface area contributed by atoms with E-state index < -0.39 is 10.0 Å². The summed E-state index contributed by atoms with van der Waals surface area (Å²) in [6, 6.07) is 7.49. The number of hydrogen-bond acceptors (Lipinski definition) is 4. The second kappa shape index (κ2) is 7.23. The Morgan fingerprint density at radius 2 is 1.72 bits per heavy atom. The van der Waals surface area contributed by atoms with Crippen LogP contribution in [0.3, 0.4) is 0 Å². The lowest BCUT2D eigenvalue weighted by Gasteiger charge is -2.24. The van der Waals surface area contributed by atoms with Crippen molar-refractivity contribution in [1.82, 2.24) is 9.62 Å². The van der Waals surface area contributed by atoms with Gasteiger partial charge < -0.3 is 10.2 Å². The fraction of sp³-hybridized carbons (Fsp3) is 0.588. The minimum atomic E-state index is -3.47. The van der Waals surface area contributed by atoms with Gasteiger partial charge in [0.15, 0.2) is 0 Å². The van der Waals surface area contributed by atoms with Gasteiger partial charge in [-0.25, -0.2) is 8.42 Å². The second-order valence-electron chi connectivity index (χ2n) is 6.93. The average molecular weight is 386 g/mol. The van der Waals surface area contributed by atoms with Crippen LogP contribution in [0.1, 0.15) is 32.1 Å². The second-order valence-corrected chi connectivity index (χ2v) is 8.87. The van der Waals surface area contributed by atoms with Crippen molar-refractivity contribution in [2.24, 2.45) is 0 Å². The van der Waals surface area contributed by atoms with E-state index in [2.05, 4.69) is 5.32 Å². The summed E-state index contributed by atoms with van der Waals surface area (Å²) >= 11 is 0. The first-order valence-corrected chi connectivity index (χ1v) is 10.1. The van der Waals surface area contributed by atoms with Gasteiger partial charge in [-0.15, -0.1) is 12.4 Å². The predicted molar refractivity (Wildman–Crippen MR) is 98.6 cm³/mol. The first kappa shape index (κ1) is 18.6. The van der Waals surface area contributed by atoms with E-state index in [-0.39, 0.29) is 24.4 Å².